The van der Waals surface area contributed by atoms with Gasteiger partial charge in [-0.05, 0) is 37.0 Å². The van der Waals surface area contributed by atoms with Crippen LogP contribution >= 0.6 is 0 Å². The van der Waals surface area contributed by atoms with Crippen molar-refractivity contribution in [2.24, 2.45) is 5.73 Å². The summed E-state index contributed by atoms with van der Waals surface area (Å²) >= 11 is 0. The molecular weight excluding hydrogens is 238 g/mol. The number of benzene rings is 1. The van der Waals surface area contributed by atoms with Gasteiger partial charge in [-0.2, -0.15) is 5.10 Å². The SMILES string of the molecule is COc1cccc(-n2ncc3c2C(CN)CCC3)c1. The van der Waals surface area contributed by atoms with Crippen LogP contribution in [0.5, 0.6) is 5.75 Å². The van der Waals surface area contributed by atoms with Crippen LogP contribution in [-0.4, -0.2) is 23.4 Å². The van der Waals surface area contributed by atoms with Crippen molar-refractivity contribution < 1.29 is 4.74 Å². The van der Waals surface area contributed by atoms with Crippen LogP contribution in [0.2, 0.25) is 0 Å². The van der Waals surface area contributed by atoms with Gasteiger partial charge in [0.1, 0.15) is 5.75 Å². The van der Waals surface area contributed by atoms with Gasteiger partial charge in [0.25, 0.3) is 0 Å². The molecule has 0 saturated carbocycles. The van der Waals surface area contributed by atoms with Crippen molar-refractivity contribution in [3.63, 3.8) is 0 Å². The summed E-state index contributed by atoms with van der Waals surface area (Å²) in [5, 5.41) is 4.55. The molecule has 1 unspecified atom stereocenters. The number of ether oxygens (including phenoxy) is 1. The van der Waals surface area contributed by atoms with E-state index < -0.39 is 0 Å². The monoisotopic (exact) mass is 257 g/mol. The third-order valence-corrected chi connectivity index (χ3v) is 3.85. The molecule has 2 N–H and O–H groups in total. The molecule has 1 aliphatic carbocycles. The molecule has 100 valence electrons. The van der Waals surface area contributed by atoms with Gasteiger partial charge in [0.05, 0.1) is 24.7 Å². The molecule has 0 saturated heterocycles. The predicted octanol–water partition coefficient (Wildman–Crippen LogP) is 2.26. The second-order valence-corrected chi connectivity index (χ2v) is 4.99. The summed E-state index contributed by atoms with van der Waals surface area (Å²) in [6.07, 6.45) is 5.45. The van der Waals surface area contributed by atoms with Crippen molar-refractivity contribution in [3.8, 4) is 11.4 Å². The molecular formula is C15H19N3O. The van der Waals surface area contributed by atoms with Gasteiger partial charge >= 0.3 is 0 Å². The minimum Gasteiger partial charge on any atom is -0.497 e. The first-order valence-electron chi connectivity index (χ1n) is 6.74. The van der Waals surface area contributed by atoms with E-state index >= 15 is 0 Å². The van der Waals surface area contributed by atoms with Gasteiger partial charge < -0.3 is 10.5 Å². The van der Waals surface area contributed by atoms with Crippen molar-refractivity contribution >= 4 is 0 Å². The zero-order valence-corrected chi connectivity index (χ0v) is 11.2. The first kappa shape index (κ1) is 12.2. The summed E-state index contributed by atoms with van der Waals surface area (Å²) in [4.78, 5) is 0. The highest BCUT2D eigenvalue weighted by molar-refractivity contribution is 5.42. The lowest BCUT2D eigenvalue weighted by Gasteiger charge is -2.23. The van der Waals surface area contributed by atoms with Crippen LogP contribution in [0.25, 0.3) is 5.69 Å². The van der Waals surface area contributed by atoms with E-state index in [-0.39, 0.29) is 0 Å². The highest BCUT2D eigenvalue weighted by Crippen LogP contribution is 2.32. The first-order valence-corrected chi connectivity index (χ1v) is 6.74. The predicted molar refractivity (Wildman–Crippen MR) is 74.8 cm³/mol. The van der Waals surface area contributed by atoms with Crippen LogP contribution in [0.4, 0.5) is 0 Å². The largest absolute Gasteiger partial charge is 0.497 e. The molecule has 0 bridgehead atoms. The number of nitrogens with zero attached hydrogens (tertiary/aromatic N) is 2. The molecule has 4 nitrogen and oxygen atoms in total. The Bertz CT molecular complexity index is 577. The molecule has 0 spiro atoms. The van der Waals surface area contributed by atoms with Gasteiger partial charge in [-0.1, -0.05) is 6.07 Å². The Hall–Kier alpha value is -1.81. The molecule has 3 rings (SSSR count). The summed E-state index contributed by atoms with van der Waals surface area (Å²) < 4.78 is 7.31. The number of fused-ring (bicyclic) bond motifs is 1. The number of aryl methyl sites for hydroxylation is 1. The van der Waals surface area contributed by atoms with Crippen molar-refractivity contribution in [1.82, 2.24) is 9.78 Å². The summed E-state index contributed by atoms with van der Waals surface area (Å²) in [6.45, 7) is 0.683. The number of hydrogen-bond acceptors (Lipinski definition) is 3. The van der Waals surface area contributed by atoms with Crippen molar-refractivity contribution in [3.05, 3.63) is 41.7 Å². The van der Waals surface area contributed by atoms with Gasteiger partial charge in [-0.3, -0.25) is 0 Å². The summed E-state index contributed by atoms with van der Waals surface area (Å²) in [5.41, 5.74) is 9.57. The fourth-order valence-electron chi connectivity index (χ4n) is 2.87. The fourth-order valence-corrected chi connectivity index (χ4v) is 2.87. The maximum Gasteiger partial charge on any atom is 0.121 e. The minimum atomic E-state index is 0.414. The normalized spacial score (nSPS) is 18.1. The Morgan fingerprint density at radius 3 is 3.16 bits per heavy atom. The number of nitrogens with two attached hydrogens (primary N) is 1. The van der Waals surface area contributed by atoms with E-state index in [1.54, 1.807) is 7.11 Å². The highest BCUT2D eigenvalue weighted by atomic mass is 16.5. The molecule has 1 heterocycles. The topological polar surface area (TPSA) is 53.1 Å². The molecule has 0 amide bonds. The molecule has 4 heteroatoms. The third-order valence-electron chi connectivity index (χ3n) is 3.85. The summed E-state index contributed by atoms with van der Waals surface area (Å²) in [6, 6.07) is 8.00. The molecule has 1 aliphatic rings. The first-order chi connectivity index (χ1) is 9.33. The maximum atomic E-state index is 5.91. The van der Waals surface area contributed by atoms with Crippen LogP contribution in [0.15, 0.2) is 30.5 Å². The average molecular weight is 257 g/mol. The van der Waals surface area contributed by atoms with Crippen LogP contribution in [0.1, 0.15) is 30.0 Å². The molecule has 2 aromatic rings. The Morgan fingerprint density at radius 2 is 2.37 bits per heavy atom. The lowest BCUT2D eigenvalue weighted by atomic mass is 9.88. The molecule has 1 aromatic heterocycles. The third kappa shape index (κ3) is 2.12. The van der Waals surface area contributed by atoms with Crippen molar-refractivity contribution in [2.45, 2.75) is 25.2 Å². The fraction of sp³-hybridized carbons (Fsp3) is 0.400. The van der Waals surface area contributed by atoms with Crippen LogP contribution in [0.3, 0.4) is 0 Å². The van der Waals surface area contributed by atoms with E-state index in [2.05, 4.69) is 11.2 Å². The molecule has 19 heavy (non-hydrogen) atoms. The van der Waals surface area contributed by atoms with Gasteiger partial charge in [-0.25, -0.2) is 4.68 Å². The summed E-state index contributed by atoms with van der Waals surface area (Å²) in [5.74, 6) is 1.26. The van der Waals surface area contributed by atoms with E-state index in [1.165, 1.54) is 17.7 Å². The van der Waals surface area contributed by atoms with E-state index in [1.807, 2.05) is 29.1 Å². The van der Waals surface area contributed by atoms with Crippen LogP contribution in [-0.2, 0) is 6.42 Å². The van der Waals surface area contributed by atoms with E-state index in [4.69, 9.17) is 10.5 Å². The molecule has 0 aliphatic heterocycles. The Morgan fingerprint density at radius 1 is 1.47 bits per heavy atom. The lowest BCUT2D eigenvalue weighted by molar-refractivity contribution is 0.414. The zero-order valence-electron chi connectivity index (χ0n) is 11.2. The summed E-state index contributed by atoms with van der Waals surface area (Å²) in [7, 11) is 1.68. The maximum absolute atomic E-state index is 5.91. The quantitative estimate of drug-likeness (QED) is 0.917. The molecule has 0 fully saturated rings. The zero-order chi connectivity index (χ0) is 13.2. The Kier molecular flexibility index (Phi) is 3.25. The Labute approximate surface area is 113 Å². The van der Waals surface area contributed by atoms with E-state index in [9.17, 15) is 0 Å². The van der Waals surface area contributed by atoms with Gasteiger partial charge in [0.15, 0.2) is 0 Å². The Balaban J connectivity index is 2.08. The number of hydrogen-bond donors (Lipinski definition) is 1. The molecule has 1 atom stereocenters. The average Bonchev–Trinajstić information content (AvgIpc) is 2.91. The second-order valence-electron chi connectivity index (χ2n) is 4.99. The number of rotatable bonds is 3. The standard InChI is InChI=1S/C15H19N3O/c1-19-14-7-3-6-13(8-14)18-15-11(9-16)4-2-5-12(15)10-17-18/h3,6-8,10-11H,2,4-5,9,16H2,1H3. The van der Waals surface area contributed by atoms with E-state index in [0.29, 0.717) is 12.5 Å². The molecule has 1 aromatic carbocycles. The highest BCUT2D eigenvalue weighted by Gasteiger charge is 2.24. The van der Waals surface area contributed by atoms with E-state index in [0.717, 1.165) is 24.3 Å². The van der Waals surface area contributed by atoms with Gasteiger partial charge in [-0.15, -0.1) is 0 Å². The van der Waals surface area contributed by atoms with Crippen LogP contribution in [0, 0.1) is 0 Å². The van der Waals surface area contributed by atoms with Crippen molar-refractivity contribution in [2.75, 3.05) is 13.7 Å². The smallest absolute Gasteiger partial charge is 0.121 e. The lowest BCUT2D eigenvalue weighted by Crippen LogP contribution is -2.21. The van der Waals surface area contributed by atoms with Crippen molar-refractivity contribution in [1.29, 1.82) is 0 Å². The number of aromatic nitrogens is 2. The molecule has 0 radical (unpaired) electrons. The second kappa shape index (κ2) is 5.05. The van der Waals surface area contributed by atoms with Gasteiger partial charge in [0, 0.05) is 18.5 Å². The minimum absolute atomic E-state index is 0.414. The van der Waals surface area contributed by atoms with Crippen LogP contribution < -0.4 is 10.5 Å². The van der Waals surface area contributed by atoms with Gasteiger partial charge in [0.2, 0.25) is 0 Å². The number of methoxy groups -OCH3 is 1.